The van der Waals surface area contributed by atoms with E-state index in [-0.39, 0.29) is 22.1 Å². The standard InChI is InChI=1S/C21H29N3O4S/c1-13(19(25)24-17-3-5-18(6-4-17)29(27,28)22-2)23-20(26)21-10-14-7-15(11-21)9-16(8-14)12-21/h3-6,13-16,22H,7-12H2,1-2H3,(H,23,26)(H,24,25)/t13-,14?,15?,16?,21?/m1/s1. The minimum Gasteiger partial charge on any atom is -0.344 e. The Hall–Kier alpha value is -1.93. The first-order valence-electron chi connectivity index (χ1n) is 10.4. The van der Waals surface area contributed by atoms with Crippen molar-refractivity contribution in [2.75, 3.05) is 12.4 Å². The monoisotopic (exact) mass is 419 g/mol. The molecule has 0 aliphatic heterocycles. The number of hydrogen-bond acceptors (Lipinski definition) is 4. The van der Waals surface area contributed by atoms with Crippen LogP contribution in [0, 0.1) is 23.2 Å². The Morgan fingerprint density at radius 2 is 1.52 bits per heavy atom. The fourth-order valence-electron chi connectivity index (χ4n) is 5.89. The quantitative estimate of drug-likeness (QED) is 0.658. The average molecular weight is 420 g/mol. The van der Waals surface area contributed by atoms with Gasteiger partial charge in [0.05, 0.1) is 4.90 Å². The summed E-state index contributed by atoms with van der Waals surface area (Å²) in [6.07, 6.45) is 6.67. The smallest absolute Gasteiger partial charge is 0.246 e. The molecule has 4 bridgehead atoms. The lowest BCUT2D eigenvalue weighted by atomic mass is 9.49. The zero-order valence-electron chi connectivity index (χ0n) is 16.9. The van der Waals surface area contributed by atoms with E-state index in [0.717, 1.165) is 19.3 Å². The first kappa shape index (κ1) is 20.3. The molecule has 29 heavy (non-hydrogen) atoms. The van der Waals surface area contributed by atoms with E-state index in [1.165, 1.54) is 50.6 Å². The van der Waals surface area contributed by atoms with Crippen molar-refractivity contribution in [1.29, 1.82) is 0 Å². The van der Waals surface area contributed by atoms with Crippen LogP contribution in [0.25, 0.3) is 0 Å². The Labute approximate surface area is 172 Å². The van der Waals surface area contributed by atoms with Crippen LogP contribution in [0.4, 0.5) is 5.69 Å². The highest BCUT2D eigenvalue weighted by atomic mass is 32.2. The molecule has 158 valence electrons. The van der Waals surface area contributed by atoms with Crippen LogP contribution in [0.5, 0.6) is 0 Å². The molecule has 0 heterocycles. The van der Waals surface area contributed by atoms with Gasteiger partial charge in [0.15, 0.2) is 0 Å². The van der Waals surface area contributed by atoms with Crippen molar-refractivity contribution in [2.24, 2.45) is 23.2 Å². The van der Waals surface area contributed by atoms with Gasteiger partial charge in [0.25, 0.3) is 0 Å². The van der Waals surface area contributed by atoms with Crippen molar-refractivity contribution in [3.63, 3.8) is 0 Å². The molecule has 3 N–H and O–H groups in total. The Kier molecular flexibility index (Phi) is 5.19. The molecule has 5 rings (SSSR count). The maximum absolute atomic E-state index is 13.1. The van der Waals surface area contributed by atoms with Gasteiger partial charge in [-0.05, 0) is 94.5 Å². The lowest BCUT2D eigenvalue weighted by Crippen LogP contribution is -2.56. The Bertz CT molecular complexity index is 875. The van der Waals surface area contributed by atoms with Crippen LogP contribution >= 0.6 is 0 Å². The summed E-state index contributed by atoms with van der Waals surface area (Å²) in [6, 6.07) is 5.28. The molecule has 4 aliphatic carbocycles. The number of rotatable bonds is 6. The molecule has 2 amide bonds. The van der Waals surface area contributed by atoms with Gasteiger partial charge in [-0.15, -0.1) is 0 Å². The second-order valence-corrected chi connectivity index (χ2v) is 11.0. The van der Waals surface area contributed by atoms with E-state index in [1.807, 2.05) is 0 Å². The zero-order chi connectivity index (χ0) is 20.8. The van der Waals surface area contributed by atoms with Gasteiger partial charge in [0, 0.05) is 11.1 Å². The summed E-state index contributed by atoms with van der Waals surface area (Å²) in [6.45, 7) is 1.69. The van der Waals surface area contributed by atoms with Crippen molar-refractivity contribution in [2.45, 2.75) is 56.4 Å². The molecule has 7 nitrogen and oxygen atoms in total. The minimum absolute atomic E-state index is 0.0229. The number of sulfonamides is 1. The highest BCUT2D eigenvalue weighted by molar-refractivity contribution is 7.89. The van der Waals surface area contributed by atoms with E-state index < -0.39 is 16.1 Å². The maximum atomic E-state index is 13.1. The van der Waals surface area contributed by atoms with Crippen molar-refractivity contribution in [3.05, 3.63) is 24.3 Å². The first-order chi connectivity index (χ1) is 13.7. The predicted molar refractivity (Wildman–Crippen MR) is 110 cm³/mol. The highest BCUT2D eigenvalue weighted by Gasteiger charge is 2.54. The number of carbonyl (C=O) groups is 2. The minimum atomic E-state index is -3.52. The third-order valence-electron chi connectivity index (χ3n) is 6.96. The van der Waals surface area contributed by atoms with E-state index in [4.69, 9.17) is 0 Å². The van der Waals surface area contributed by atoms with Crippen molar-refractivity contribution >= 4 is 27.5 Å². The van der Waals surface area contributed by atoms with Gasteiger partial charge in [-0.3, -0.25) is 9.59 Å². The SMILES string of the molecule is CNS(=O)(=O)c1ccc(NC(=O)[C@@H](C)NC(=O)C23CC4CC(CC(C4)C2)C3)cc1. The molecular weight excluding hydrogens is 390 g/mol. The van der Waals surface area contributed by atoms with Gasteiger partial charge in [-0.25, -0.2) is 13.1 Å². The molecule has 4 aliphatic rings. The van der Waals surface area contributed by atoms with Crippen LogP contribution in [0.15, 0.2) is 29.2 Å². The lowest BCUT2D eigenvalue weighted by Gasteiger charge is -2.55. The molecule has 0 radical (unpaired) electrons. The number of hydrogen-bond donors (Lipinski definition) is 3. The van der Waals surface area contributed by atoms with Crippen LogP contribution in [0.3, 0.4) is 0 Å². The van der Waals surface area contributed by atoms with Crippen molar-refractivity contribution in [3.8, 4) is 0 Å². The Morgan fingerprint density at radius 1 is 1.00 bits per heavy atom. The first-order valence-corrected chi connectivity index (χ1v) is 11.8. The number of benzene rings is 1. The predicted octanol–water partition coefficient (Wildman–Crippen LogP) is 2.25. The third kappa shape index (κ3) is 3.92. The van der Waals surface area contributed by atoms with E-state index in [0.29, 0.717) is 23.4 Å². The summed E-state index contributed by atoms with van der Waals surface area (Å²) in [7, 11) is -2.17. The number of anilines is 1. The van der Waals surface area contributed by atoms with E-state index in [1.54, 1.807) is 6.92 Å². The van der Waals surface area contributed by atoms with Crippen LogP contribution in [0.1, 0.15) is 45.4 Å². The van der Waals surface area contributed by atoms with Crippen LogP contribution < -0.4 is 15.4 Å². The average Bonchev–Trinajstić information content (AvgIpc) is 2.67. The molecule has 1 aromatic rings. The third-order valence-corrected chi connectivity index (χ3v) is 8.39. The number of carbonyl (C=O) groups excluding carboxylic acids is 2. The summed E-state index contributed by atoms with van der Waals surface area (Å²) < 4.78 is 25.8. The molecule has 0 unspecified atom stereocenters. The molecule has 0 saturated heterocycles. The molecular formula is C21H29N3O4S. The summed E-state index contributed by atoms with van der Waals surface area (Å²) in [5.74, 6) is 1.72. The summed E-state index contributed by atoms with van der Waals surface area (Å²) in [4.78, 5) is 25.8. The maximum Gasteiger partial charge on any atom is 0.246 e. The number of nitrogens with one attached hydrogen (secondary N) is 3. The largest absolute Gasteiger partial charge is 0.344 e. The topological polar surface area (TPSA) is 104 Å². The molecule has 1 atom stereocenters. The molecule has 0 aromatic heterocycles. The Morgan fingerprint density at radius 3 is 2.00 bits per heavy atom. The molecule has 8 heteroatoms. The van der Waals surface area contributed by atoms with Crippen molar-refractivity contribution in [1.82, 2.24) is 10.0 Å². The van der Waals surface area contributed by atoms with Gasteiger partial charge >= 0.3 is 0 Å². The van der Waals surface area contributed by atoms with Gasteiger partial charge in [-0.2, -0.15) is 0 Å². The van der Waals surface area contributed by atoms with E-state index in [9.17, 15) is 18.0 Å². The lowest BCUT2D eigenvalue weighted by molar-refractivity contribution is -0.147. The molecule has 4 saturated carbocycles. The van der Waals surface area contributed by atoms with Gasteiger partial charge in [0.2, 0.25) is 21.8 Å². The fraction of sp³-hybridized carbons (Fsp3) is 0.619. The van der Waals surface area contributed by atoms with Gasteiger partial charge in [-0.1, -0.05) is 0 Å². The summed E-state index contributed by atoms with van der Waals surface area (Å²) in [5, 5.41) is 5.69. The van der Waals surface area contributed by atoms with Crippen molar-refractivity contribution < 1.29 is 18.0 Å². The Balaban J connectivity index is 1.37. The van der Waals surface area contributed by atoms with Crippen LogP contribution in [-0.4, -0.2) is 33.3 Å². The number of amides is 2. The van der Waals surface area contributed by atoms with E-state index in [2.05, 4.69) is 15.4 Å². The van der Waals surface area contributed by atoms with Gasteiger partial charge < -0.3 is 10.6 Å². The molecule has 1 aromatic carbocycles. The van der Waals surface area contributed by atoms with Crippen LogP contribution in [0.2, 0.25) is 0 Å². The second kappa shape index (κ2) is 7.40. The summed E-state index contributed by atoms with van der Waals surface area (Å²) in [5.41, 5.74) is 0.202. The normalized spacial score (nSPS) is 31.3. The van der Waals surface area contributed by atoms with Crippen LogP contribution in [-0.2, 0) is 19.6 Å². The second-order valence-electron chi connectivity index (χ2n) is 9.11. The van der Waals surface area contributed by atoms with E-state index >= 15 is 0 Å². The summed E-state index contributed by atoms with van der Waals surface area (Å²) >= 11 is 0. The molecule has 0 spiro atoms. The fourth-order valence-corrected chi connectivity index (χ4v) is 6.62. The zero-order valence-corrected chi connectivity index (χ0v) is 17.7. The van der Waals surface area contributed by atoms with Gasteiger partial charge in [0.1, 0.15) is 6.04 Å². The highest BCUT2D eigenvalue weighted by Crippen LogP contribution is 2.60. The molecule has 4 fully saturated rings.